The van der Waals surface area contributed by atoms with Crippen molar-refractivity contribution in [2.45, 2.75) is 33.2 Å². The van der Waals surface area contributed by atoms with E-state index in [1.54, 1.807) is 0 Å². The van der Waals surface area contributed by atoms with Gasteiger partial charge in [0.25, 0.3) is 5.91 Å². The van der Waals surface area contributed by atoms with Crippen LogP contribution in [0.15, 0.2) is 6.07 Å². The Morgan fingerprint density at radius 3 is 2.74 bits per heavy atom. The maximum absolute atomic E-state index is 12.4. The Morgan fingerprint density at radius 1 is 1.53 bits per heavy atom. The van der Waals surface area contributed by atoms with Crippen LogP contribution in [0.2, 0.25) is 0 Å². The van der Waals surface area contributed by atoms with Crippen molar-refractivity contribution >= 4 is 22.9 Å². The fourth-order valence-electron chi connectivity index (χ4n) is 2.72. The third kappa shape index (κ3) is 2.92. The Labute approximate surface area is 119 Å². The number of nitrogens with zero attached hydrogens (tertiary/aromatic N) is 2. The molecule has 2 rings (SSSR count). The first kappa shape index (κ1) is 14.3. The zero-order chi connectivity index (χ0) is 14.0. The Kier molecular flexibility index (Phi) is 4.47. The summed E-state index contributed by atoms with van der Waals surface area (Å²) >= 11 is 1.50. The number of nitrogen functional groups attached to an aromatic ring is 1. The van der Waals surface area contributed by atoms with Gasteiger partial charge in [0.15, 0.2) is 0 Å². The number of likely N-dealkylation sites (tertiary alicyclic amines) is 1. The number of aryl methyl sites for hydroxylation is 1. The normalized spacial score (nSPS) is 19.4. The molecule has 19 heavy (non-hydrogen) atoms. The smallest absolute Gasteiger partial charge is 0.264 e. The summed E-state index contributed by atoms with van der Waals surface area (Å²) in [6.45, 7) is 10.1. The zero-order valence-corrected chi connectivity index (χ0v) is 12.8. The molecule has 1 aromatic rings. The van der Waals surface area contributed by atoms with E-state index in [0.29, 0.717) is 6.04 Å². The van der Waals surface area contributed by atoms with Crippen LogP contribution in [0.5, 0.6) is 0 Å². The summed E-state index contributed by atoms with van der Waals surface area (Å²) in [5.74, 6) is 0.138. The van der Waals surface area contributed by atoms with Gasteiger partial charge in [-0.1, -0.05) is 13.8 Å². The molecule has 106 valence electrons. The fourth-order valence-corrected chi connectivity index (χ4v) is 3.63. The SMILES string of the molecule is CCN(CC)C1CCN(C(=O)c2cc(N)c(C)s2)C1. The second-order valence-corrected chi connectivity index (χ2v) is 6.29. The van der Waals surface area contributed by atoms with E-state index >= 15 is 0 Å². The molecule has 0 radical (unpaired) electrons. The number of anilines is 1. The number of likely N-dealkylation sites (N-methyl/N-ethyl adjacent to an activating group) is 1. The average Bonchev–Trinajstić information content (AvgIpc) is 2.99. The van der Waals surface area contributed by atoms with Crippen LogP contribution < -0.4 is 5.73 Å². The highest BCUT2D eigenvalue weighted by atomic mass is 32.1. The summed E-state index contributed by atoms with van der Waals surface area (Å²) < 4.78 is 0. The van der Waals surface area contributed by atoms with Crippen molar-refractivity contribution in [1.82, 2.24) is 9.80 Å². The summed E-state index contributed by atoms with van der Waals surface area (Å²) in [5.41, 5.74) is 6.56. The zero-order valence-electron chi connectivity index (χ0n) is 12.0. The maximum atomic E-state index is 12.4. The lowest BCUT2D eigenvalue weighted by Gasteiger charge is -2.26. The van der Waals surface area contributed by atoms with Crippen molar-refractivity contribution in [2.24, 2.45) is 0 Å². The quantitative estimate of drug-likeness (QED) is 0.920. The highest BCUT2D eigenvalue weighted by Crippen LogP contribution is 2.26. The molecule has 1 saturated heterocycles. The summed E-state index contributed by atoms with van der Waals surface area (Å²) in [7, 11) is 0. The number of rotatable bonds is 4. The minimum absolute atomic E-state index is 0.138. The lowest BCUT2D eigenvalue weighted by molar-refractivity contribution is 0.0783. The predicted octanol–water partition coefficient (Wildman–Crippen LogP) is 2.20. The number of hydrogen-bond donors (Lipinski definition) is 1. The van der Waals surface area contributed by atoms with Gasteiger partial charge in [-0.25, -0.2) is 0 Å². The second kappa shape index (κ2) is 5.92. The Hall–Kier alpha value is -1.07. The fraction of sp³-hybridized carbons (Fsp3) is 0.643. The largest absolute Gasteiger partial charge is 0.398 e. The molecule has 1 amide bonds. The molecule has 0 saturated carbocycles. The molecule has 1 fully saturated rings. The topological polar surface area (TPSA) is 49.6 Å². The molecule has 2 N–H and O–H groups in total. The molecule has 1 aliphatic rings. The molecule has 1 aromatic heterocycles. The highest BCUT2D eigenvalue weighted by molar-refractivity contribution is 7.14. The molecule has 2 heterocycles. The van der Waals surface area contributed by atoms with Gasteiger partial charge in [0, 0.05) is 29.7 Å². The van der Waals surface area contributed by atoms with Gasteiger partial charge in [-0.2, -0.15) is 0 Å². The summed E-state index contributed by atoms with van der Waals surface area (Å²) in [6.07, 6.45) is 1.08. The van der Waals surface area contributed by atoms with E-state index in [4.69, 9.17) is 5.73 Å². The molecule has 1 unspecified atom stereocenters. The van der Waals surface area contributed by atoms with Crippen molar-refractivity contribution < 1.29 is 4.79 Å². The van der Waals surface area contributed by atoms with E-state index in [1.165, 1.54) is 11.3 Å². The molecule has 1 atom stereocenters. The van der Waals surface area contributed by atoms with E-state index in [-0.39, 0.29) is 5.91 Å². The van der Waals surface area contributed by atoms with Crippen LogP contribution in [-0.2, 0) is 0 Å². The monoisotopic (exact) mass is 281 g/mol. The number of nitrogens with two attached hydrogens (primary N) is 1. The lowest BCUT2D eigenvalue weighted by atomic mass is 10.2. The number of carbonyl (C=O) groups is 1. The van der Waals surface area contributed by atoms with Crippen LogP contribution in [0.4, 0.5) is 5.69 Å². The van der Waals surface area contributed by atoms with E-state index in [9.17, 15) is 4.79 Å². The van der Waals surface area contributed by atoms with Crippen LogP contribution in [-0.4, -0.2) is 47.9 Å². The molecule has 0 spiro atoms. The van der Waals surface area contributed by atoms with Gasteiger partial charge in [0.2, 0.25) is 0 Å². The van der Waals surface area contributed by atoms with E-state index in [1.807, 2.05) is 17.9 Å². The van der Waals surface area contributed by atoms with Crippen LogP contribution >= 0.6 is 11.3 Å². The first-order chi connectivity index (χ1) is 9.06. The van der Waals surface area contributed by atoms with Crippen LogP contribution in [0, 0.1) is 6.92 Å². The van der Waals surface area contributed by atoms with Crippen molar-refractivity contribution in [3.05, 3.63) is 15.8 Å². The first-order valence-corrected chi connectivity index (χ1v) is 7.77. The van der Waals surface area contributed by atoms with Crippen molar-refractivity contribution in [1.29, 1.82) is 0 Å². The highest BCUT2D eigenvalue weighted by Gasteiger charge is 2.30. The molecular formula is C14H23N3OS. The molecular weight excluding hydrogens is 258 g/mol. The third-order valence-electron chi connectivity index (χ3n) is 3.95. The van der Waals surface area contributed by atoms with E-state index in [0.717, 1.165) is 48.0 Å². The number of thiophene rings is 1. The maximum Gasteiger partial charge on any atom is 0.264 e. The average molecular weight is 281 g/mol. The van der Waals surface area contributed by atoms with Crippen molar-refractivity contribution in [2.75, 3.05) is 31.9 Å². The van der Waals surface area contributed by atoms with Gasteiger partial charge in [-0.05, 0) is 32.5 Å². The Balaban J connectivity index is 2.02. The molecule has 5 heteroatoms. The van der Waals surface area contributed by atoms with Gasteiger partial charge >= 0.3 is 0 Å². The molecule has 0 aliphatic carbocycles. The van der Waals surface area contributed by atoms with Crippen LogP contribution in [0.1, 0.15) is 34.8 Å². The molecule has 0 bridgehead atoms. The summed E-state index contributed by atoms with van der Waals surface area (Å²) in [4.78, 5) is 18.6. The molecule has 1 aliphatic heterocycles. The third-order valence-corrected chi connectivity index (χ3v) is 5.00. The number of carbonyl (C=O) groups excluding carboxylic acids is 1. The molecule has 4 nitrogen and oxygen atoms in total. The summed E-state index contributed by atoms with van der Waals surface area (Å²) in [5, 5.41) is 0. The van der Waals surface area contributed by atoms with Crippen molar-refractivity contribution in [3.63, 3.8) is 0 Å². The number of amides is 1. The minimum atomic E-state index is 0.138. The Morgan fingerprint density at radius 2 is 2.21 bits per heavy atom. The van der Waals surface area contributed by atoms with Gasteiger partial charge in [0.05, 0.1) is 4.88 Å². The standard InChI is InChI=1S/C14H23N3OS/c1-4-16(5-2)11-6-7-17(9-11)14(18)13-8-12(15)10(3)19-13/h8,11H,4-7,9,15H2,1-3H3. The minimum Gasteiger partial charge on any atom is -0.398 e. The first-order valence-electron chi connectivity index (χ1n) is 6.96. The summed E-state index contributed by atoms with van der Waals surface area (Å²) in [6, 6.07) is 2.32. The Bertz CT molecular complexity index is 434. The number of hydrogen-bond acceptors (Lipinski definition) is 4. The predicted molar refractivity (Wildman–Crippen MR) is 80.7 cm³/mol. The van der Waals surface area contributed by atoms with Gasteiger partial charge < -0.3 is 10.6 Å². The molecule has 0 aromatic carbocycles. The van der Waals surface area contributed by atoms with E-state index < -0.39 is 0 Å². The van der Waals surface area contributed by atoms with Crippen LogP contribution in [0.3, 0.4) is 0 Å². The van der Waals surface area contributed by atoms with Gasteiger partial charge in [-0.15, -0.1) is 11.3 Å². The van der Waals surface area contributed by atoms with Gasteiger partial charge in [0.1, 0.15) is 0 Å². The van der Waals surface area contributed by atoms with Crippen molar-refractivity contribution in [3.8, 4) is 0 Å². The lowest BCUT2D eigenvalue weighted by Crippen LogP contribution is -2.38. The van der Waals surface area contributed by atoms with Gasteiger partial charge in [-0.3, -0.25) is 9.69 Å². The second-order valence-electron chi connectivity index (χ2n) is 5.04. The van der Waals surface area contributed by atoms with Crippen LogP contribution in [0.25, 0.3) is 0 Å². The van der Waals surface area contributed by atoms with E-state index in [2.05, 4.69) is 18.7 Å².